The van der Waals surface area contributed by atoms with Crippen LogP contribution in [0.15, 0.2) is 42.6 Å². The molecule has 0 heterocycles. The highest BCUT2D eigenvalue weighted by Crippen LogP contribution is 2.12. The van der Waals surface area contributed by atoms with Gasteiger partial charge in [-0.1, -0.05) is 50.8 Å². The Labute approximate surface area is 106 Å². The number of nitrogens with zero attached hydrogens (tertiary/aromatic N) is 1. The molecule has 1 rings (SSSR count). The molecule has 0 aliphatic carbocycles. The van der Waals surface area contributed by atoms with Crippen LogP contribution in [0.4, 0.5) is 0 Å². The minimum Gasteiger partial charge on any atom is -0.375 e. The highest BCUT2D eigenvalue weighted by molar-refractivity contribution is 5.16. The summed E-state index contributed by atoms with van der Waals surface area (Å²) in [5.74, 6) is 0. The summed E-state index contributed by atoms with van der Waals surface area (Å²) in [6, 6.07) is 10.7. The average molecular weight is 231 g/mol. The third kappa shape index (κ3) is 5.08. The smallest absolute Gasteiger partial charge is 0.0172 e. The predicted molar refractivity (Wildman–Crippen MR) is 76.1 cm³/mol. The third-order valence-corrected chi connectivity index (χ3v) is 2.98. The van der Waals surface area contributed by atoms with E-state index in [1.807, 2.05) is 0 Å². The summed E-state index contributed by atoms with van der Waals surface area (Å²) >= 11 is 0. The average Bonchev–Trinajstić information content (AvgIpc) is 2.37. The van der Waals surface area contributed by atoms with Gasteiger partial charge in [0.25, 0.3) is 0 Å². The molecule has 0 fully saturated rings. The zero-order valence-corrected chi connectivity index (χ0v) is 11.3. The second-order valence-electron chi connectivity index (χ2n) is 4.54. The van der Waals surface area contributed by atoms with E-state index in [9.17, 15) is 0 Å². The topological polar surface area (TPSA) is 3.24 Å². The number of aryl methyl sites for hydroxylation is 1. The summed E-state index contributed by atoms with van der Waals surface area (Å²) in [6.45, 7) is 11.0. The second kappa shape index (κ2) is 7.94. The maximum atomic E-state index is 4.23. The summed E-state index contributed by atoms with van der Waals surface area (Å²) in [7, 11) is 0. The number of hydrogen-bond acceptors (Lipinski definition) is 1. The maximum absolute atomic E-state index is 4.23. The van der Waals surface area contributed by atoms with Gasteiger partial charge in [0.15, 0.2) is 0 Å². The monoisotopic (exact) mass is 231 g/mol. The fraction of sp³-hybridized carbons (Fsp3) is 0.500. The van der Waals surface area contributed by atoms with Crippen LogP contribution in [-0.2, 0) is 6.42 Å². The summed E-state index contributed by atoms with van der Waals surface area (Å²) < 4.78 is 0. The number of rotatable bonds is 8. The molecule has 0 saturated heterocycles. The molecule has 0 aliphatic heterocycles. The van der Waals surface area contributed by atoms with Gasteiger partial charge in [-0.2, -0.15) is 0 Å². The van der Waals surface area contributed by atoms with Gasteiger partial charge in [-0.25, -0.2) is 0 Å². The lowest BCUT2D eigenvalue weighted by atomic mass is 10.1. The Morgan fingerprint density at radius 3 is 2.18 bits per heavy atom. The van der Waals surface area contributed by atoms with Crippen LogP contribution in [0.5, 0.6) is 0 Å². The fourth-order valence-corrected chi connectivity index (χ4v) is 2.06. The lowest BCUT2D eigenvalue weighted by Crippen LogP contribution is -2.24. The van der Waals surface area contributed by atoms with Crippen molar-refractivity contribution >= 4 is 0 Å². The number of benzene rings is 1. The molecule has 94 valence electrons. The van der Waals surface area contributed by atoms with E-state index in [-0.39, 0.29) is 0 Å². The molecule has 0 saturated carbocycles. The molecule has 1 nitrogen and oxygen atoms in total. The first-order valence-corrected chi connectivity index (χ1v) is 6.74. The molecular weight excluding hydrogens is 206 g/mol. The minimum atomic E-state index is 1.07. The Hall–Kier alpha value is -1.24. The van der Waals surface area contributed by atoms with Crippen LogP contribution in [0.2, 0.25) is 0 Å². The van der Waals surface area contributed by atoms with Crippen LogP contribution < -0.4 is 0 Å². The molecule has 0 bridgehead atoms. The van der Waals surface area contributed by atoms with Crippen LogP contribution in [0.1, 0.15) is 38.7 Å². The van der Waals surface area contributed by atoms with Crippen molar-refractivity contribution in [2.45, 2.75) is 39.5 Å². The Bertz CT molecular complexity index is 310. The molecule has 0 radical (unpaired) electrons. The first kappa shape index (κ1) is 13.8. The van der Waals surface area contributed by atoms with E-state index in [1.165, 1.54) is 24.1 Å². The molecule has 1 aromatic carbocycles. The minimum absolute atomic E-state index is 1.07. The van der Waals surface area contributed by atoms with Crippen LogP contribution in [-0.4, -0.2) is 18.0 Å². The molecule has 0 amide bonds. The van der Waals surface area contributed by atoms with E-state index in [1.54, 1.807) is 0 Å². The molecule has 0 spiro atoms. The lowest BCUT2D eigenvalue weighted by Gasteiger charge is -2.26. The summed E-state index contributed by atoms with van der Waals surface area (Å²) in [5.41, 5.74) is 2.69. The molecular formula is C16H25N. The van der Waals surface area contributed by atoms with Gasteiger partial charge in [-0.05, 0) is 31.2 Å². The maximum Gasteiger partial charge on any atom is 0.0172 e. The molecule has 0 N–H and O–H groups in total. The van der Waals surface area contributed by atoms with Crippen molar-refractivity contribution in [3.05, 3.63) is 48.2 Å². The van der Waals surface area contributed by atoms with E-state index in [0.29, 0.717) is 0 Å². The predicted octanol–water partition coefficient (Wildman–Crippen LogP) is 4.25. The van der Waals surface area contributed by atoms with Gasteiger partial charge >= 0.3 is 0 Å². The van der Waals surface area contributed by atoms with Crippen LogP contribution in [0.25, 0.3) is 0 Å². The van der Waals surface area contributed by atoms with Crippen molar-refractivity contribution in [3.8, 4) is 0 Å². The summed E-state index contributed by atoms with van der Waals surface area (Å²) in [6.07, 6.45) is 4.57. The van der Waals surface area contributed by atoms with Crippen molar-refractivity contribution in [1.82, 2.24) is 4.90 Å². The molecule has 1 heteroatoms. The van der Waals surface area contributed by atoms with Gasteiger partial charge in [0.05, 0.1) is 0 Å². The van der Waals surface area contributed by atoms with E-state index < -0.39 is 0 Å². The van der Waals surface area contributed by atoms with Crippen LogP contribution in [0.3, 0.4) is 0 Å². The molecule has 0 atom stereocenters. The quantitative estimate of drug-likeness (QED) is 0.646. The van der Waals surface area contributed by atoms with Crippen molar-refractivity contribution in [3.63, 3.8) is 0 Å². The van der Waals surface area contributed by atoms with Gasteiger partial charge in [-0.3, -0.25) is 0 Å². The van der Waals surface area contributed by atoms with Gasteiger partial charge < -0.3 is 4.90 Å². The van der Waals surface area contributed by atoms with E-state index in [4.69, 9.17) is 0 Å². The normalized spacial score (nSPS) is 10.2. The van der Waals surface area contributed by atoms with E-state index >= 15 is 0 Å². The Morgan fingerprint density at radius 2 is 1.65 bits per heavy atom. The van der Waals surface area contributed by atoms with Crippen molar-refractivity contribution in [1.29, 1.82) is 0 Å². The van der Waals surface area contributed by atoms with Crippen molar-refractivity contribution < 1.29 is 0 Å². The van der Waals surface area contributed by atoms with Gasteiger partial charge in [-0.15, -0.1) is 0 Å². The molecule has 1 aromatic rings. The molecule has 0 aliphatic rings. The van der Waals surface area contributed by atoms with E-state index in [0.717, 1.165) is 25.9 Å². The van der Waals surface area contributed by atoms with Crippen LogP contribution in [0, 0.1) is 0 Å². The largest absolute Gasteiger partial charge is 0.375 e. The number of hydrogen-bond donors (Lipinski definition) is 0. The second-order valence-corrected chi connectivity index (χ2v) is 4.54. The van der Waals surface area contributed by atoms with Gasteiger partial charge in [0, 0.05) is 18.8 Å². The third-order valence-electron chi connectivity index (χ3n) is 2.98. The highest BCUT2D eigenvalue weighted by Gasteiger charge is 2.05. The fourth-order valence-electron chi connectivity index (χ4n) is 2.06. The Kier molecular flexibility index (Phi) is 6.46. The lowest BCUT2D eigenvalue weighted by molar-refractivity contribution is 0.334. The van der Waals surface area contributed by atoms with Gasteiger partial charge in [0.2, 0.25) is 0 Å². The molecule has 17 heavy (non-hydrogen) atoms. The Balaban J connectivity index is 2.41. The first-order valence-electron chi connectivity index (χ1n) is 6.74. The zero-order valence-electron chi connectivity index (χ0n) is 11.3. The van der Waals surface area contributed by atoms with Gasteiger partial charge in [0.1, 0.15) is 0 Å². The zero-order chi connectivity index (χ0) is 12.5. The highest BCUT2D eigenvalue weighted by atomic mass is 15.1. The van der Waals surface area contributed by atoms with Crippen LogP contribution >= 0.6 is 0 Å². The van der Waals surface area contributed by atoms with Crippen molar-refractivity contribution in [2.24, 2.45) is 0 Å². The van der Waals surface area contributed by atoms with Crippen molar-refractivity contribution in [2.75, 3.05) is 13.1 Å². The standard InChI is InChI=1S/C16H25N/c1-4-13-17(14-5-2)15(3)11-12-16-9-7-6-8-10-16/h6-10H,3-5,11-14H2,1-2H3. The first-order chi connectivity index (χ1) is 8.27. The molecule has 0 unspecified atom stereocenters. The Morgan fingerprint density at radius 1 is 1.06 bits per heavy atom. The summed E-state index contributed by atoms with van der Waals surface area (Å²) in [4.78, 5) is 2.43. The van der Waals surface area contributed by atoms with E-state index in [2.05, 4.69) is 55.7 Å². The molecule has 0 aromatic heterocycles. The number of allylic oxidation sites excluding steroid dienone is 1. The summed E-state index contributed by atoms with van der Waals surface area (Å²) in [5, 5.41) is 0. The SMILES string of the molecule is C=C(CCc1ccccc1)N(CCC)CCC.